The smallest absolute Gasteiger partial charge is 0.387 e. The Hall–Kier alpha value is -1.86. The maximum atomic E-state index is 12.2. The summed E-state index contributed by atoms with van der Waals surface area (Å²) in [5.74, 6) is 0.224. The number of rotatable bonds is 8. The fourth-order valence-electron chi connectivity index (χ4n) is 2.85. The van der Waals surface area contributed by atoms with Crippen LogP contribution in [-0.2, 0) is 13.8 Å². The molecule has 0 aliphatic carbocycles. The standard InChI is InChI=1S/C14H22N5O8P/c1-2-3-4-15-14-17-11-8(12(22)18-14)16-6-19(11)13-10(21)9(20)7(27-13)5-26-28(23,24)25/h6-7,9-10,13,20-21H,2-5H2,1H3,(H2,23,24,25)(H2,15,17,18,22)/t7-,9-,10-,13-/m1/s1. The SMILES string of the molecule is CCCCNc1nc2c(ncn2[C@@H]2O[C@H](COP(=O)(O)O)[C@@H](O)[C@H]2O)c(=O)[nH]1. The Morgan fingerprint density at radius 1 is 1.39 bits per heavy atom. The number of hydrogen-bond donors (Lipinski definition) is 6. The van der Waals surface area contributed by atoms with Crippen molar-refractivity contribution in [2.45, 2.75) is 44.3 Å². The van der Waals surface area contributed by atoms with Gasteiger partial charge < -0.3 is 30.1 Å². The van der Waals surface area contributed by atoms with Gasteiger partial charge in [0.25, 0.3) is 5.56 Å². The molecule has 0 aromatic carbocycles. The molecule has 4 atom stereocenters. The van der Waals surface area contributed by atoms with Gasteiger partial charge in [-0.1, -0.05) is 13.3 Å². The van der Waals surface area contributed by atoms with Crippen LogP contribution in [0.15, 0.2) is 11.1 Å². The van der Waals surface area contributed by atoms with Gasteiger partial charge in [0.2, 0.25) is 5.95 Å². The van der Waals surface area contributed by atoms with Crippen molar-refractivity contribution in [3.8, 4) is 0 Å². The van der Waals surface area contributed by atoms with Gasteiger partial charge in [-0.2, -0.15) is 4.98 Å². The van der Waals surface area contributed by atoms with E-state index in [2.05, 4.69) is 24.8 Å². The van der Waals surface area contributed by atoms with Crippen molar-refractivity contribution in [2.24, 2.45) is 0 Å². The minimum Gasteiger partial charge on any atom is -0.387 e. The number of nitrogens with one attached hydrogen (secondary N) is 2. The number of unbranched alkanes of at least 4 members (excludes halogenated alkanes) is 1. The van der Waals surface area contributed by atoms with Crippen molar-refractivity contribution in [3.63, 3.8) is 0 Å². The maximum Gasteiger partial charge on any atom is 0.469 e. The Labute approximate surface area is 158 Å². The van der Waals surface area contributed by atoms with Crippen LogP contribution in [0.5, 0.6) is 0 Å². The first-order valence-electron chi connectivity index (χ1n) is 8.63. The van der Waals surface area contributed by atoms with Crippen LogP contribution in [0.1, 0.15) is 26.0 Å². The number of aromatic amines is 1. The molecule has 1 aliphatic rings. The summed E-state index contributed by atoms with van der Waals surface area (Å²) in [5.41, 5.74) is -0.353. The first-order chi connectivity index (χ1) is 13.2. The molecule has 0 amide bonds. The summed E-state index contributed by atoms with van der Waals surface area (Å²) in [6.07, 6.45) is -2.25. The highest BCUT2D eigenvalue weighted by molar-refractivity contribution is 7.46. The Morgan fingerprint density at radius 3 is 2.82 bits per heavy atom. The third-order valence-corrected chi connectivity index (χ3v) is 4.76. The number of phosphoric acid groups is 1. The topological polar surface area (TPSA) is 192 Å². The lowest BCUT2D eigenvalue weighted by atomic mass is 10.1. The molecule has 13 nitrogen and oxygen atoms in total. The molecule has 3 rings (SSSR count). The number of ether oxygens (including phenoxy) is 1. The highest BCUT2D eigenvalue weighted by Gasteiger charge is 2.45. The largest absolute Gasteiger partial charge is 0.469 e. The van der Waals surface area contributed by atoms with Crippen molar-refractivity contribution in [1.29, 1.82) is 0 Å². The van der Waals surface area contributed by atoms with E-state index in [0.29, 0.717) is 6.54 Å². The zero-order valence-corrected chi connectivity index (χ0v) is 15.8. The van der Waals surface area contributed by atoms with Crippen molar-refractivity contribution < 1.29 is 33.8 Å². The molecule has 6 N–H and O–H groups in total. The van der Waals surface area contributed by atoms with Crippen LogP contribution >= 0.6 is 7.82 Å². The summed E-state index contributed by atoms with van der Waals surface area (Å²) in [6.45, 7) is 1.98. The lowest BCUT2D eigenvalue weighted by Crippen LogP contribution is -2.33. The van der Waals surface area contributed by atoms with Crippen LogP contribution in [0.2, 0.25) is 0 Å². The molecule has 0 bridgehead atoms. The summed E-state index contributed by atoms with van der Waals surface area (Å²) in [6, 6.07) is 0. The van der Waals surface area contributed by atoms with Crippen LogP contribution in [0.3, 0.4) is 0 Å². The Kier molecular flexibility index (Phi) is 6.15. The number of aromatic nitrogens is 4. The van der Waals surface area contributed by atoms with E-state index in [0.717, 1.165) is 12.8 Å². The van der Waals surface area contributed by atoms with Crippen LogP contribution in [-0.4, -0.2) is 71.0 Å². The summed E-state index contributed by atoms with van der Waals surface area (Å²) in [4.78, 5) is 40.6. The van der Waals surface area contributed by atoms with Gasteiger partial charge in [0.15, 0.2) is 17.4 Å². The predicted molar refractivity (Wildman–Crippen MR) is 95.5 cm³/mol. The maximum absolute atomic E-state index is 12.2. The van der Waals surface area contributed by atoms with E-state index in [4.69, 9.17) is 14.5 Å². The molecule has 1 fully saturated rings. The molecule has 28 heavy (non-hydrogen) atoms. The minimum absolute atomic E-state index is 0.0150. The highest BCUT2D eigenvalue weighted by Crippen LogP contribution is 2.38. The van der Waals surface area contributed by atoms with Gasteiger partial charge >= 0.3 is 7.82 Å². The van der Waals surface area contributed by atoms with Crippen molar-refractivity contribution in [1.82, 2.24) is 19.5 Å². The number of aliphatic hydroxyl groups excluding tert-OH is 2. The molecule has 0 saturated carbocycles. The molecule has 2 aromatic rings. The van der Waals surface area contributed by atoms with E-state index in [9.17, 15) is 19.6 Å². The Balaban J connectivity index is 1.86. The van der Waals surface area contributed by atoms with Gasteiger partial charge in [-0.15, -0.1) is 0 Å². The number of imidazole rings is 1. The summed E-state index contributed by atoms with van der Waals surface area (Å²) < 4.78 is 22.0. The number of fused-ring (bicyclic) bond motifs is 1. The van der Waals surface area contributed by atoms with Gasteiger partial charge in [-0.05, 0) is 6.42 Å². The zero-order valence-electron chi connectivity index (χ0n) is 14.9. The van der Waals surface area contributed by atoms with Crippen molar-refractivity contribution in [3.05, 3.63) is 16.7 Å². The number of nitrogens with zero attached hydrogens (tertiary/aromatic N) is 3. The number of aliphatic hydroxyl groups is 2. The molecular weight excluding hydrogens is 397 g/mol. The van der Waals surface area contributed by atoms with Gasteiger partial charge in [-0.25, -0.2) is 9.55 Å². The third-order valence-electron chi connectivity index (χ3n) is 4.27. The Bertz CT molecular complexity index is 926. The lowest BCUT2D eigenvalue weighted by molar-refractivity contribution is -0.0503. The van der Waals surface area contributed by atoms with E-state index in [1.54, 1.807) is 0 Å². The number of hydrogen-bond acceptors (Lipinski definition) is 9. The van der Waals surface area contributed by atoms with E-state index in [-0.39, 0.29) is 17.1 Å². The summed E-state index contributed by atoms with van der Waals surface area (Å²) >= 11 is 0. The third kappa shape index (κ3) is 4.41. The molecular formula is C14H22N5O8P. The molecule has 2 aromatic heterocycles. The summed E-state index contributed by atoms with van der Waals surface area (Å²) in [5, 5.41) is 23.4. The fourth-order valence-corrected chi connectivity index (χ4v) is 3.19. The monoisotopic (exact) mass is 419 g/mol. The molecule has 0 radical (unpaired) electrons. The van der Waals surface area contributed by atoms with Crippen molar-refractivity contribution in [2.75, 3.05) is 18.5 Å². The molecule has 1 saturated heterocycles. The first kappa shape index (κ1) is 20.9. The van der Waals surface area contributed by atoms with Gasteiger partial charge in [0.1, 0.15) is 18.3 Å². The van der Waals surface area contributed by atoms with Crippen LogP contribution in [0, 0.1) is 0 Å². The molecule has 156 valence electrons. The average Bonchev–Trinajstić information content (AvgIpc) is 3.15. The number of phosphoric ester groups is 1. The second-order valence-electron chi connectivity index (χ2n) is 6.35. The highest BCUT2D eigenvalue weighted by atomic mass is 31.2. The van der Waals surface area contributed by atoms with Gasteiger partial charge in [0, 0.05) is 6.54 Å². The van der Waals surface area contributed by atoms with E-state index >= 15 is 0 Å². The summed E-state index contributed by atoms with van der Waals surface area (Å²) in [7, 11) is -4.77. The van der Waals surface area contributed by atoms with E-state index < -0.39 is 44.5 Å². The van der Waals surface area contributed by atoms with Crippen LogP contribution < -0.4 is 10.9 Å². The fraction of sp³-hybridized carbons (Fsp3) is 0.643. The van der Waals surface area contributed by atoms with E-state index in [1.165, 1.54) is 10.9 Å². The normalized spacial score (nSPS) is 25.5. The van der Waals surface area contributed by atoms with Gasteiger partial charge in [0.05, 0.1) is 12.9 Å². The van der Waals surface area contributed by atoms with Crippen LogP contribution in [0.4, 0.5) is 5.95 Å². The average molecular weight is 419 g/mol. The molecule has 1 aliphatic heterocycles. The van der Waals surface area contributed by atoms with Crippen LogP contribution in [0.25, 0.3) is 11.2 Å². The predicted octanol–water partition coefficient (Wildman–Crippen LogP) is -0.940. The first-order valence-corrected chi connectivity index (χ1v) is 10.2. The molecule has 3 heterocycles. The zero-order chi connectivity index (χ0) is 20.5. The van der Waals surface area contributed by atoms with Gasteiger partial charge in [-0.3, -0.25) is 18.9 Å². The Morgan fingerprint density at radius 2 is 2.14 bits per heavy atom. The number of H-pyrrole nitrogens is 1. The number of anilines is 1. The minimum atomic E-state index is -4.77. The second-order valence-corrected chi connectivity index (χ2v) is 7.59. The second kappa shape index (κ2) is 8.25. The molecule has 14 heteroatoms. The lowest BCUT2D eigenvalue weighted by Gasteiger charge is -2.16. The quantitative estimate of drug-likeness (QED) is 0.228. The molecule has 0 unspecified atom stereocenters. The van der Waals surface area contributed by atoms with E-state index in [1.807, 2.05) is 6.92 Å². The molecule has 0 spiro atoms. The van der Waals surface area contributed by atoms with Crippen molar-refractivity contribution >= 4 is 24.9 Å².